The van der Waals surface area contributed by atoms with Crippen LogP contribution in [0.2, 0.25) is 0 Å². The van der Waals surface area contributed by atoms with E-state index in [0.717, 1.165) is 29.5 Å². The Morgan fingerprint density at radius 1 is 0.824 bits per heavy atom. The number of carbonyl (C=O) groups excluding carboxylic acids is 1. The van der Waals surface area contributed by atoms with Crippen molar-refractivity contribution in [2.45, 2.75) is 37.3 Å². The molecule has 1 unspecified atom stereocenters. The number of alkyl halides is 3. The molecule has 0 amide bonds. The largest absolute Gasteiger partial charge is 0.541 e. The van der Waals surface area contributed by atoms with Crippen molar-refractivity contribution < 1.29 is 43.5 Å². The molecule has 3 aromatic rings. The van der Waals surface area contributed by atoms with Crippen molar-refractivity contribution in [2.75, 3.05) is 6.26 Å². The maximum atomic E-state index is 13.0. The van der Waals surface area contributed by atoms with Crippen LogP contribution in [0.25, 0.3) is 22.3 Å². The number of benzene rings is 3. The maximum Gasteiger partial charge on any atom is 0.416 e. The van der Waals surface area contributed by atoms with Crippen LogP contribution < -0.4 is 0 Å². The van der Waals surface area contributed by atoms with Gasteiger partial charge in [0, 0.05) is 23.3 Å². The molecule has 0 saturated heterocycles. The predicted octanol–water partition coefficient (Wildman–Crippen LogP) is 6.68. The van der Waals surface area contributed by atoms with Gasteiger partial charge >= 0.3 is 6.18 Å². The number of rotatable bonds is 7. The maximum absolute atomic E-state index is 13.0. The summed E-state index contributed by atoms with van der Waals surface area (Å²) in [5.74, 6) is -0.253. The summed E-state index contributed by atoms with van der Waals surface area (Å²) in [6.45, 7) is 3.99. The van der Waals surface area contributed by atoms with Crippen LogP contribution in [0.15, 0.2) is 71.6 Å². The molecule has 1 atom stereocenters. The molecule has 8 heteroatoms. The average molecular weight is 528 g/mol. The van der Waals surface area contributed by atoms with Crippen molar-refractivity contribution in [3.05, 3.63) is 77.9 Å². The van der Waals surface area contributed by atoms with Gasteiger partial charge in [-0.05, 0) is 58.5 Å². The Hall–Kier alpha value is -2.41. The topological polar surface area (TPSA) is 51.2 Å². The third-order valence-electron chi connectivity index (χ3n) is 5.37. The van der Waals surface area contributed by atoms with Crippen LogP contribution in [-0.2, 0) is 37.9 Å². The van der Waals surface area contributed by atoms with E-state index in [0.29, 0.717) is 23.1 Å². The van der Waals surface area contributed by atoms with Gasteiger partial charge in [-0.15, -0.1) is 5.92 Å². The monoisotopic (exact) mass is 528 g/mol. The minimum Gasteiger partial charge on any atom is -0.541 e. The van der Waals surface area contributed by atoms with E-state index in [9.17, 15) is 26.4 Å². The molecule has 1 radical (unpaired) electrons. The first-order chi connectivity index (χ1) is 15.4. The van der Waals surface area contributed by atoms with Gasteiger partial charge in [0.15, 0.2) is 9.84 Å². The van der Waals surface area contributed by atoms with Crippen molar-refractivity contribution >= 4 is 16.1 Å². The zero-order chi connectivity index (χ0) is 24.4. The first-order valence-electron chi connectivity index (χ1n) is 10.4. The van der Waals surface area contributed by atoms with Crippen molar-refractivity contribution in [3.8, 4) is 22.3 Å². The predicted molar refractivity (Wildman–Crippen MR) is 123 cm³/mol. The molecule has 0 aliphatic heterocycles. The molecule has 34 heavy (non-hydrogen) atoms. The normalized spacial score (nSPS) is 12.8. The van der Waals surface area contributed by atoms with Gasteiger partial charge < -0.3 is 4.79 Å². The van der Waals surface area contributed by atoms with Crippen LogP contribution in [0.5, 0.6) is 0 Å². The van der Waals surface area contributed by atoms with Crippen molar-refractivity contribution in [1.29, 1.82) is 0 Å². The summed E-state index contributed by atoms with van der Waals surface area (Å²) >= 11 is 0. The van der Waals surface area contributed by atoms with Gasteiger partial charge in [0.1, 0.15) is 0 Å². The molecule has 0 heterocycles. The van der Waals surface area contributed by atoms with E-state index in [1.54, 1.807) is 18.2 Å². The zero-order valence-electron chi connectivity index (χ0n) is 18.9. The number of hydrogen-bond acceptors (Lipinski definition) is 3. The Balaban J connectivity index is 0.00000408. The molecule has 3 aromatic carbocycles. The zero-order valence-corrected chi connectivity index (χ0v) is 20.9. The summed E-state index contributed by atoms with van der Waals surface area (Å²) in [7, 11) is -3.35. The summed E-state index contributed by atoms with van der Waals surface area (Å²) in [5, 5.41) is 0. The van der Waals surface area contributed by atoms with Gasteiger partial charge in [-0.2, -0.15) is 13.2 Å². The van der Waals surface area contributed by atoms with Gasteiger partial charge in [-0.1, -0.05) is 62.2 Å². The first kappa shape index (κ1) is 27.8. The average Bonchev–Trinajstić information content (AvgIpc) is 2.76. The summed E-state index contributed by atoms with van der Waals surface area (Å²) < 4.78 is 62.5. The summed E-state index contributed by atoms with van der Waals surface area (Å²) in [5.41, 5.74) is 2.66. The van der Waals surface area contributed by atoms with Gasteiger partial charge in [0.05, 0.1) is 10.5 Å². The van der Waals surface area contributed by atoms with E-state index in [1.165, 1.54) is 24.3 Å². The minimum absolute atomic E-state index is 0. The smallest absolute Gasteiger partial charge is 0.416 e. The second kappa shape index (κ2) is 10.9. The molecule has 0 saturated carbocycles. The Kier molecular flexibility index (Phi) is 8.91. The van der Waals surface area contributed by atoms with Gasteiger partial charge in [-0.3, -0.25) is 6.29 Å². The van der Waals surface area contributed by atoms with Crippen LogP contribution in [0.4, 0.5) is 13.2 Å². The van der Waals surface area contributed by atoms with Crippen LogP contribution >= 0.6 is 0 Å². The van der Waals surface area contributed by atoms with Gasteiger partial charge in [0.25, 0.3) is 0 Å². The van der Waals surface area contributed by atoms with E-state index in [-0.39, 0.29) is 27.9 Å². The molecular formula is C26H24F3MnO3S-. The Labute approximate surface area is 208 Å². The fraction of sp³-hybridized carbons (Fsp3) is 0.269. The molecule has 0 aliphatic rings. The molecule has 0 N–H and O–H groups in total. The Bertz CT molecular complexity index is 1230. The molecule has 0 aromatic heterocycles. The molecule has 3 rings (SSSR count). The van der Waals surface area contributed by atoms with Crippen LogP contribution in [0.3, 0.4) is 0 Å². The SMILES string of the molecule is CC(C)CC([C-]=O)c1cc(-c2ccc(C(F)(F)F)cc2)cc(-c2ccc(S(C)(=O)=O)cc2)c1.[Mn]. The molecule has 181 valence electrons. The number of hydrogen-bond donors (Lipinski definition) is 0. The molecule has 0 bridgehead atoms. The molecule has 3 nitrogen and oxygen atoms in total. The summed E-state index contributed by atoms with van der Waals surface area (Å²) in [4.78, 5) is 11.9. The van der Waals surface area contributed by atoms with E-state index >= 15 is 0 Å². The summed E-state index contributed by atoms with van der Waals surface area (Å²) in [6, 6.07) is 16.7. The van der Waals surface area contributed by atoms with Crippen molar-refractivity contribution in [2.24, 2.45) is 5.92 Å². The van der Waals surface area contributed by atoms with E-state index in [1.807, 2.05) is 26.0 Å². The fourth-order valence-corrected chi connectivity index (χ4v) is 4.29. The van der Waals surface area contributed by atoms with Crippen molar-refractivity contribution in [1.82, 2.24) is 0 Å². The molecule has 0 aliphatic carbocycles. The van der Waals surface area contributed by atoms with Crippen LogP contribution in [-0.4, -0.2) is 21.0 Å². The van der Waals surface area contributed by atoms with Crippen LogP contribution in [0, 0.1) is 5.92 Å². The number of sulfone groups is 1. The second-order valence-electron chi connectivity index (χ2n) is 8.52. The van der Waals surface area contributed by atoms with Gasteiger partial charge in [0.2, 0.25) is 0 Å². The molecule has 0 spiro atoms. The standard InChI is InChI=1S/C26H24F3O3S.Mn/c1-17(2)12-23(16-30)22-14-20(18-4-8-24(9-5-18)26(27,28)29)13-21(15-22)19-6-10-25(11-7-19)33(3,31)32;/h4-11,13-15,17,23H,12H2,1-3H3;/q-1;. The van der Waals surface area contributed by atoms with E-state index < -0.39 is 27.5 Å². The third kappa shape index (κ3) is 6.81. The molecular weight excluding hydrogens is 504 g/mol. The van der Waals surface area contributed by atoms with E-state index in [2.05, 4.69) is 6.29 Å². The van der Waals surface area contributed by atoms with Crippen LogP contribution in [0.1, 0.15) is 37.3 Å². The summed E-state index contributed by atoms with van der Waals surface area (Å²) in [6.07, 6.45) is -0.639. The number of halogens is 3. The minimum atomic E-state index is -4.43. The molecule has 0 fully saturated rings. The Morgan fingerprint density at radius 3 is 1.68 bits per heavy atom. The quantitative estimate of drug-likeness (QED) is 0.254. The van der Waals surface area contributed by atoms with Crippen molar-refractivity contribution in [3.63, 3.8) is 0 Å². The van der Waals surface area contributed by atoms with Gasteiger partial charge in [-0.25, -0.2) is 8.42 Å². The first-order valence-corrected chi connectivity index (χ1v) is 12.3. The fourth-order valence-electron chi connectivity index (χ4n) is 3.66. The third-order valence-corrected chi connectivity index (χ3v) is 6.50. The van der Waals surface area contributed by atoms with E-state index in [4.69, 9.17) is 0 Å². The second-order valence-corrected chi connectivity index (χ2v) is 10.5. The Morgan fingerprint density at radius 2 is 1.29 bits per heavy atom.